The third-order valence-electron chi connectivity index (χ3n) is 2.94. The molecule has 2 rings (SSSR count). The van der Waals surface area contributed by atoms with E-state index in [0.29, 0.717) is 10.9 Å². The lowest BCUT2D eigenvalue weighted by Gasteiger charge is -2.18. The number of hydrogen-bond donors (Lipinski definition) is 1. The minimum atomic E-state index is -0.370. The molecular weight excluding hydrogens is 326 g/mol. The highest BCUT2D eigenvalue weighted by Gasteiger charge is 2.13. The summed E-state index contributed by atoms with van der Waals surface area (Å²) >= 11 is 3.28. The summed E-state index contributed by atoms with van der Waals surface area (Å²) in [4.78, 5) is 3.87. The lowest BCUT2D eigenvalue weighted by molar-refractivity contribution is 0.536. The van der Waals surface area contributed by atoms with Crippen molar-refractivity contribution in [2.75, 3.05) is 6.54 Å². The Labute approximate surface area is 125 Å². The normalized spacial score (nSPS) is 12.4. The van der Waals surface area contributed by atoms with Crippen LogP contribution in [0.5, 0.6) is 0 Å². The molecule has 0 amide bonds. The van der Waals surface area contributed by atoms with Crippen LogP contribution in [0.2, 0.25) is 0 Å². The predicted molar refractivity (Wildman–Crippen MR) is 78.4 cm³/mol. The second-order valence-corrected chi connectivity index (χ2v) is 5.44. The number of pyridine rings is 1. The van der Waals surface area contributed by atoms with Gasteiger partial charge < -0.3 is 5.32 Å². The largest absolute Gasteiger partial charge is 0.310 e. The van der Waals surface area contributed by atoms with E-state index in [1.807, 2.05) is 13.0 Å². The number of halogens is 3. The van der Waals surface area contributed by atoms with Crippen LogP contribution in [0.3, 0.4) is 0 Å². The van der Waals surface area contributed by atoms with Gasteiger partial charge in [-0.25, -0.2) is 8.78 Å². The molecule has 1 atom stereocenters. The van der Waals surface area contributed by atoms with E-state index >= 15 is 0 Å². The Morgan fingerprint density at radius 3 is 2.60 bits per heavy atom. The average Bonchev–Trinajstić information content (AvgIpc) is 2.37. The molecule has 0 radical (unpaired) electrons. The average molecular weight is 341 g/mol. The summed E-state index contributed by atoms with van der Waals surface area (Å²) in [5, 5.41) is 3.27. The SMILES string of the molecule is CCNC(Cc1cc(F)cc(Br)c1)c1cncc(F)c1. The van der Waals surface area contributed by atoms with Gasteiger partial charge in [-0.2, -0.15) is 0 Å². The van der Waals surface area contributed by atoms with E-state index in [2.05, 4.69) is 26.2 Å². The Balaban J connectivity index is 2.25. The number of aromatic nitrogens is 1. The second kappa shape index (κ2) is 6.90. The predicted octanol–water partition coefficient (Wildman–Crippen LogP) is 4.02. The fourth-order valence-corrected chi connectivity index (χ4v) is 2.65. The molecule has 0 bridgehead atoms. The van der Waals surface area contributed by atoms with E-state index < -0.39 is 0 Å². The summed E-state index contributed by atoms with van der Waals surface area (Å²) in [6, 6.07) is 6.11. The molecule has 0 saturated carbocycles. The molecule has 0 aliphatic rings. The van der Waals surface area contributed by atoms with Gasteiger partial charge in [-0.05, 0) is 48.4 Å². The highest BCUT2D eigenvalue weighted by atomic mass is 79.9. The fraction of sp³-hybridized carbons (Fsp3) is 0.267. The summed E-state index contributed by atoms with van der Waals surface area (Å²) in [6.07, 6.45) is 3.37. The van der Waals surface area contributed by atoms with Crippen LogP contribution < -0.4 is 5.32 Å². The van der Waals surface area contributed by atoms with Gasteiger partial charge in [0.05, 0.1) is 6.20 Å². The summed E-state index contributed by atoms with van der Waals surface area (Å²) < 4.78 is 27.4. The van der Waals surface area contributed by atoms with Crippen molar-refractivity contribution in [1.82, 2.24) is 10.3 Å². The number of benzene rings is 1. The Morgan fingerprint density at radius 1 is 1.15 bits per heavy atom. The van der Waals surface area contributed by atoms with Gasteiger partial charge in [-0.3, -0.25) is 4.98 Å². The van der Waals surface area contributed by atoms with E-state index in [4.69, 9.17) is 0 Å². The Morgan fingerprint density at radius 2 is 1.95 bits per heavy atom. The molecule has 0 aliphatic carbocycles. The van der Waals surface area contributed by atoms with Gasteiger partial charge in [0.15, 0.2) is 0 Å². The van der Waals surface area contributed by atoms with Crippen molar-refractivity contribution in [3.05, 3.63) is 63.9 Å². The standard InChI is InChI=1S/C15H15BrF2N2/c1-2-20-15(11-6-14(18)9-19-8-11)5-10-3-12(16)7-13(17)4-10/h3-4,6-9,15,20H,2,5H2,1H3. The monoisotopic (exact) mass is 340 g/mol. The van der Waals surface area contributed by atoms with E-state index in [9.17, 15) is 8.78 Å². The van der Waals surface area contributed by atoms with Crippen LogP contribution in [0, 0.1) is 11.6 Å². The maximum atomic E-state index is 13.4. The van der Waals surface area contributed by atoms with Crippen LogP contribution in [0.4, 0.5) is 8.78 Å². The molecule has 106 valence electrons. The van der Waals surface area contributed by atoms with Crippen LogP contribution in [-0.4, -0.2) is 11.5 Å². The fourth-order valence-electron chi connectivity index (χ4n) is 2.14. The molecule has 1 aromatic carbocycles. The zero-order valence-electron chi connectivity index (χ0n) is 11.0. The van der Waals surface area contributed by atoms with E-state index in [1.165, 1.54) is 24.4 Å². The van der Waals surface area contributed by atoms with Crippen molar-refractivity contribution < 1.29 is 8.78 Å². The first-order valence-electron chi connectivity index (χ1n) is 6.37. The van der Waals surface area contributed by atoms with Crippen LogP contribution >= 0.6 is 15.9 Å². The van der Waals surface area contributed by atoms with E-state index in [1.54, 1.807) is 6.20 Å². The minimum absolute atomic E-state index is 0.100. The molecule has 0 fully saturated rings. The Hall–Kier alpha value is -1.33. The molecule has 1 unspecified atom stereocenters. The zero-order valence-corrected chi connectivity index (χ0v) is 12.6. The summed E-state index contributed by atoms with van der Waals surface area (Å²) in [7, 11) is 0. The smallest absolute Gasteiger partial charge is 0.141 e. The van der Waals surface area contributed by atoms with Crippen molar-refractivity contribution in [2.24, 2.45) is 0 Å². The quantitative estimate of drug-likeness (QED) is 0.889. The number of nitrogens with one attached hydrogen (secondary N) is 1. The molecular formula is C15H15BrF2N2. The van der Waals surface area contributed by atoms with E-state index in [-0.39, 0.29) is 17.7 Å². The topological polar surface area (TPSA) is 24.9 Å². The first kappa shape index (κ1) is 15.1. The van der Waals surface area contributed by atoms with Crippen LogP contribution in [0.1, 0.15) is 24.1 Å². The number of nitrogens with zero attached hydrogens (tertiary/aromatic N) is 1. The van der Waals surface area contributed by atoms with Crippen LogP contribution in [0.15, 0.2) is 41.1 Å². The number of rotatable bonds is 5. The molecule has 0 aliphatic heterocycles. The van der Waals surface area contributed by atoms with Crippen molar-refractivity contribution in [3.63, 3.8) is 0 Å². The lowest BCUT2D eigenvalue weighted by Crippen LogP contribution is -2.23. The van der Waals surface area contributed by atoms with Gasteiger partial charge in [0.2, 0.25) is 0 Å². The third-order valence-corrected chi connectivity index (χ3v) is 3.40. The molecule has 1 heterocycles. The summed E-state index contributed by atoms with van der Waals surface area (Å²) in [5.74, 6) is -0.659. The molecule has 20 heavy (non-hydrogen) atoms. The van der Waals surface area contributed by atoms with Crippen molar-refractivity contribution in [3.8, 4) is 0 Å². The third kappa shape index (κ3) is 4.08. The van der Waals surface area contributed by atoms with Gasteiger partial charge in [-0.1, -0.05) is 22.9 Å². The molecule has 0 spiro atoms. The van der Waals surface area contributed by atoms with Gasteiger partial charge in [-0.15, -0.1) is 0 Å². The van der Waals surface area contributed by atoms with Crippen LogP contribution in [0.25, 0.3) is 0 Å². The minimum Gasteiger partial charge on any atom is -0.310 e. The van der Waals surface area contributed by atoms with E-state index in [0.717, 1.165) is 17.7 Å². The zero-order chi connectivity index (χ0) is 14.5. The highest BCUT2D eigenvalue weighted by molar-refractivity contribution is 9.10. The van der Waals surface area contributed by atoms with Crippen LogP contribution in [-0.2, 0) is 6.42 Å². The van der Waals surface area contributed by atoms with Crippen molar-refractivity contribution in [2.45, 2.75) is 19.4 Å². The first-order chi connectivity index (χ1) is 9.58. The maximum absolute atomic E-state index is 13.4. The van der Waals surface area contributed by atoms with Crippen molar-refractivity contribution >= 4 is 15.9 Å². The van der Waals surface area contributed by atoms with Gasteiger partial charge in [0.25, 0.3) is 0 Å². The van der Waals surface area contributed by atoms with Gasteiger partial charge in [0.1, 0.15) is 11.6 Å². The molecule has 2 nitrogen and oxygen atoms in total. The first-order valence-corrected chi connectivity index (χ1v) is 7.16. The number of hydrogen-bond acceptors (Lipinski definition) is 2. The summed E-state index contributed by atoms with van der Waals surface area (Å²) in [6.45, 7) is 2.71. The molecule has 1 N–H and O–H groups in total. The summed E-state index contributed by atoms with van der Waals surface area (Å²) in [5.41, 5.74) is 1.60. The molecule has 2 aromatic rings. The Bertz CT molecular complexity index is 570. The molecule has 0 saturated heterocycles. The van der Waals surface area contributed by atoms with Crippen molar-refractivity contribution in [1.29, 1.82) is 0 Å². The maximum Gasteiger partial charge on any atom is 0.141 e. The number of likely N-dealkylation sites (N-methyl/N-ethyl adjacent to an activating group) is 1. The lowest BCUT2D eigenvalue weighted by atomic mass is 10.00. The highest BCUT2D eigenvalue weighted by Crippen LogP contribution is 2.22. The van der Waals surface area contributed by atoms with Gasteiger partial charge in [0, 0.05) is 16.7 Å². The molecule has 1 aromatic heterocycles. The Kier molecular flexibility index (Phi) is 5.20. The van der Waals surface area contributed by atoms with Gasteiger partial charge >= 0.3 is 0 Å². The molecule has 5 heteroatoms. The second-order valence-electron chi connectivity index (χ2n) is 4.53.